The van der Waals surface area contributed by atoms with Crippen LogP contribution in [-0.2, 0) is 11.3 Å². The predicted octanol–water partition coefficient (Wildman–Crippen LogP) is 4.07. The number of alkyl halides is 2. The number of carbonyl (C=O) groups is 1. The van der Waals surface area contributed by atoms with Crippen LogP contribution in [0.2, 0.25) is 0 Å². The minimum Gasteiger partial charge on any atom is -0.340 e. The molecule has 5 heteroatoms. The van der Waals surface area contributed by atoms with E-state index in [1.54, 1.807) is 0 Å². The highest BCUT2D eigenvalue weighted by molar-refractivity contribution is 6.53. The van der Waals surface area contributed by atoms with Crippen molar-refractivity contribution in [1.82, 2.24) is 9.80 Å². The molecule has 0 spiro atoms. The van der Waals surface area contributed by atoms with Crippen LogP contribution in [-0.4, -0.2) is 46.2 Å². The van der Waals surface area contributed by atoms with E-state index in [1.807, 2.05) is 11.8 Å². The molecule has 1 saturated carbocycles. The van der Waals surface area contributed by atoms with Crippen molar-refractivity contribution >= 4 is 39.9 Å². The van der Waals surface area contributed by atoms with Gasteiger partial charge in [0, 0.05) is 32.7 Å². The first-order chi connectivity index (χ1) is 11.9. The molecule has 1 atom stereocenters. The van der Waals surface area contributed by atoms with Crippen LogP contribution in [0.5, 0.6) is 0 Å². The van der Waals surface area contributed by atoms with Gasteiger partial charge >= 0.3 is 0 Å². The van der Waals surface area contributed by atoms with E-state index in [4.69, 9.17) is 23.2 Å². The second kappa shape index (κ2) is 6.15. The topological polar surface area (TPSA) is 23.6 Å². The normalized spacial score (nSPS) is 26.0. The minimum absolute atomic E-state index is 0.0994. The fourth-order valence-electron chi connectivity index (χ4n) is 3.76. The lowest BCUT2D eigenvalue weighted by Gasteiger charge is -2.36. The highest BCUT2D eigenvalue weighted by Gasteiger charge is 2.68. The van der Waals surface area contributed by atoms with Gasteiger partial charge in [-0.3, -0.25) is 9.69 Å². The molecule has 0 bridgehead atoms. The molecule has 1 unspecified atom stereocenters. The lowest BCUT2D eigenvalue weighted by molar-refractivity contribution is -0.138. The van der Waals surface area contributed by atoms with Crippen LogP contribution >= 0.6 is 23.2 Å². The van der Waals surface area contributed by atoms with Crippen LogP contribution in [0.15, 0.2) is 42.5 Å². The number of rotatable bonds is 3. The SMILES string of the molecule is CC1(C(=O)N2CCN(Cc3cccc4ccccc34)CC2)CC1(Cl)Cl. The Bertz CT molecular complexity index is 809. The maximum Gasteiger partial charge on any atom is 0.231 e. The predicted molar refractivity (Wildman–Crippen MR) is 103 cm³/mol. The van der Waals surface area contributed by atoms with Crippen LogP contribution in [0.3, 0.4) is 0 Å². The molecule has 1 amide bonds. The second-order valence-corrected chi connectivity index (χ2v) is 8.90. The van der Waals surface area contributed by atoms with Crippen LogP contribution in [0, 0.1) is 5.41 Å². The molecule has 2 aromatic rings. The van der Waals surface area contributed by atoms with E-state index in [0.717, 1.165) is 32.7 Å². The van der Waals surface area contributed by atoms with Gasteiger partial charge in [0.1, 0.15) is 4.33 Å². The molecule has 2 fully saturated rings. The van der Waals surface area contributed by atoms with Crippen molar-refractivity contribution in [2.45, 2.75) is 24.2 Å². The van der Waals surface area contributed by atoms with E-state index in [-0.39, 0.29) is 5.91 Å². The summed E-state index contributed by atoms with van der Waals surface area (Å²) in [6, 6.07) is 14.9. The molecule has 1 aliphatic carbocycles. The summed E-state index contributed by atoms with van der Waals surface area (Å²) in [5.41, 5.74) is 0.737. The molecular weight excluding hydrogens is 355 g/mol. The quantitative estimate of drug-likeness (QED) is 0.753. The van der Waals surface area contributed by atoms with Crippen molar-refractivity contribution in [2.75, 3.05) is 26.2 Å². The van der Waals surface area contributed by atoms with E-state index >= 15 is 0 Å². The number of piperazine rings is 1. The van der Waals surface area contributed by atoms with Crippen molar-refractivity contribution in [3.05, 3.63) is 48.0 Å². The Hall–Kier alpha value is -1.29. The molecule has 1 heterocycles. The van der Waals surface area contributed by atoms with Gasteiger partial charge in [-0.05, 0) is 29.7 Å². The number of nitrogens with zero attached hydrogens (tertiary/aromatic N) is 2. The minimum atomic E-state index is -0.885. The highest BCUT2D eigenvalue weighted by Crippen LogP contribution is 2.64. The maximum absolute atomic E-state index is 12.7. The fraction of sp³-hybridized carbons (Fsp3) is 0.450. The summed E-state index contributed by atoms with van der Waals surface area (Å²) in [7, 11) is 0. The lowest BCUT2D eigenvalue weighted by atomic mass is 10.0. The Morgan fingerprint density at radius 2 is 1.68 bits per heavy atom. The van der Waals surface area contributed by atoms with Gasteiger partial charge in [0.15, 0.2) is 0 Å². The summed E-state index contributed by atoms with van der Waals surface area (Å²) < 4.78 is -0.885. The number of carbonyl (C=O) groups excluding carboxylic acids is 1. The van der Waals surface area contributed by atoms with Gasteiger partial charge in [-0.25, -0.2) is 0 Å². The average Bonchev–Trinajstić information content (AvgIpc) is 3.14. The van der Waals surface area contributed by atoms with E-state index in [2.05, 4.69) is 47.4 Å². The maximum atomic E-state index is 12.7. The molecule has 132 valence electrons. The van der Waals surface area contributed by atoms with E-state index in [0.29, 0.717) is 6.42 Å². The van der Waals surface area contributed by atoms with Crippen molar-refractivity contribution in [1.29, 1.82) is 0 Å². The van der Waals surface area contributed by atoms with Crippen LogP contribution in [0.25, 0.3) is 10.8 Å². The van der Waals surface area contributed by atoms with Crippen LogP contribution in [0.4, 0.5) is 0 Å². The van der Waals surface area contributed by atoms with Crippen molar-refractivity contribution < 1.29 is 4.79 Å². The molecule has 4 rings (SSSR count). The molecule has 0 radical (unpaired) electrons. The van der Waals surface area contributed by atoms with Gasteiger partial charge in [0.2, 0.25) is 5.91 Å². The summed E-state index contributed by atoms with van der Waals surface area (Å²) in [5.74, 6) is 0.0994. The van der Waals surface area contributed by atoms with E-state index in [9.17, 15) is 4.79 Å². The summed E-state index contributed by atoms with van der Waals surface area (Å²) in [5, 5.41) is 2.58. The van der Waals surface area contributed by atoms with Gasteiger partial charge < -0.3 is 4.90 Å². The molecule has 1 aliphatic heterocycles. The largest absolute Gasteiger partial charge is 0.340 e. The summed E-state index contributed by atoms with van der Waals surface area (Å²) in [6.45, 7) is 6.02. The molecule has 2 aromatic carbocycles. The first kappa shape index (κ1) is 17.1. The van der Waals surface area contributed by atoms with Gasteiger partial charge in [0.25, 0.3) is 0 Å². The van der Waals surface area contributed by atoms with Crippen molar-refractivity contribution in [3.63, 3.8) is 0 Å². The van der Waals surface area contributed by atoms with Crippen molar-refractivity contribution in [3.8, 4) is 0 Å². The summed E-state index contributed by atoms with van der Waals surface area (Å²) >= 11 is 12.3. The van der Waals surface area contributed by atoms with Gasteiger partial charge in [-0.2, -0.15) is 0 Å². The smallest absolute Gasteiger partial charge is 0.231 e. The Balaban J connectivity index is 1.40. The molecule has 2 aliphatic rings. The van der Waals surface area contributed by atoms with Gasteiger partial charge in [-0.1, -0.05) is 42.5 Å². The third kappa shape index (κ3) is 3.03. The van der Waals surface area contributed by atoms with Gasteiger partial charge in [0.05, 0.1) is 5.41 Å². The molecule has 25 heavy (non-hydrogen) atoms. The Morgan fingerprint density at radius 3 is 2.36 bits per heavy atom. The molecular formula is C20H22Cl2N2O. The second-order valence-electron chi connectivity index (χ2n) is 7.42. The monoisotopic (exact) mass is 376 g/mol. The number of hydrogen-bond donors (Lipinski definition) is 0. The van der Waals surface area contributed by atoms with Gasteiger partial charge in [-0.15, -0.1) is 23.2 Å². The number of amides is 1. The molecule has 0 N–H and O–H groups in total. The number of fused-ring (bicyclic) bond motifs is 1. The average molecular weight is 377 g/mol. The first-order valence-corrected chi connectivity index (χ1v) is 9.52. The number of halogens is 2. The summed E-state index contributed by atoms with van der Waals surface area (Å²) in [4.78, 5) is 17.0. The molecule has 0 aromatic heterocycles. The van der Waals surface area contributed by atoms with Crippen LogP contribution < -0.4 is 0 Å². The third-order valence-electron chi connectivity index (χ3n) is 5.66. The van der Waals surface area contributed by atoms with Crippen molar-refractivity contribution in [2.24, 2.45) is 5.41 Å². The molecule has 1 saturated heterocycles. The zero-order chi connectivity index (χ0) is 17.7. The Morgan fingerprint density at radius 1 is 1.04 bits per heavy atom. The standard InChI is InChI=1S/C20H22Cl2N2O/c1-19(14-20(19,21)22)18(25)24-11-9-23(10-12-24)13-16-7-4-6-15-5-2-3-8-17(15)16/h2-8H,9-14H2,1H3. The third-order valence-corrected chi connectivity index (χ3v) is 6.76. The number of hydrogen-bond acceptors (Lipinski definition) is 2. The first-order valence-electron chi connectivity index (χ1n) is 8.77. The van der Waals surface area contributed by atoms with E-state index < -0.39 is 9.75 Å². The lowest BCUT2D eigenvalue weighted by Crippen LogP contribution is -2.50. The van der Waals surface area contributed by atoms with E-state index in [1.165, 1.54) is 16.3 Å². The fourth-order valence-corrected chi connectivity index (χ4v) is 4.46. The zero-order valence-electron chi connectivity index (χ0n) is 14.3. The Kier molecular flexibility index (Phi) is 4.22. The molecule has 3 nitrogen and oxygen atoms in total. The zero-order valence-corrected chi connectivity index (χ0v) is 15.9. The number of benzene rings is 2. The van der Waals surface area contributed by atoms with Crippen LogP contribution in [0.1, 0.15) is 18.9 Å². The Labute approximate surface area is 158 Å². The highest BCUT2D eigenvalue weighted by atomic mass is 35.5. The summed E-state index contributed by atoms with van der Waals surface area (Å²) in [6.07, 6.45) is 0.554.